The van der Waals surface area contributed by atoms with Crippen LogP contribution in [0.15, 0.2) is 18.2 Å². The summed E-state index contributed by atoms with van der Waals surface area (Å²) in [6, 6.07) is 3.72. The molecule has 0 aliphatic heterocycles. The highest BCUT2D eigenvalue weighted by Gasteiger charge is 2.14. The molecule has 0 radical (unpaired) electrons. The molecule has 0 aliphatic rings. The molecular weight excluding hydrogens is 198 g/mol. The van der Waals surface area contributed by atoms with E-state index in [1.807, 2.05) is 0 Å². The van der Waals surface area contributed by atoms with Crippen molar-refractivity contribution in [2.45, 2.75) is 6.04 Å². The molecule has 1 aromatic rings. The SMILES string of the molecule is COC(=O)c1cc(C(N)CO)ccc1O. The minimum absolute atomic E-state index is 0.0406. The molecular formula is C10H13NO4. The molecule has 1 atom stereocenters. The molecule has 0 heterocycles. The maximum atomic E-state index is 11.2. The molecule has 4 N–H and O–H groups in total. The number of benzene rings is 1. The summed E-state index contributed by atoms with van der Waals surface area (Å²) in [6.45, 7) is -0.231. The van der Waals surface area contributed by atoms with E-state index in [-0.39, 0.29) is 17.9 Å². The van der Waals surface area contributed by atoms with Crippen molar-refractivity contribution < 1.29 is 19.7 Å². The van der Waals surface area contributed by atoms with Crippen LogP contribution in [0.5, 0.6) is 5.75 Å². The Morgan fingerprint density at radius 2 is 2.27 bits per heavy atom. The number of phenolic OH excluding ortho intramolecular Hbond substituents is 1. The number of ether oxygens (including phenoxy) is 1. The Kier molecular flexibility index (Phi) is 3.65. The number of methoxy groups -OCH3 is 1. The molecule has 5 heteroatoms. The maximum Gasteiger partial charge on any atom is 0.341 e. The van der Waals surface area contributed by atoms with Gasteiger partial charge < -0.3 is 20.7 Å². The highest BCUT2D eigenvalue weighted by Crippen LogP contribution is 2.22. The van der Waals surface area contributed by atoms with Gasteiger partial charge in [0.1, 0.15) is 11.3 Å². The summed E-state index contributed by atoms with van der Waals surface area (Å²) in [4.78, 5) is 11.2. The summed E-state index contributed by atoms with van der Waals surface area (Å²) >= 11 is 0. The average Bonchev–Trinajstić information content (AvgIpc) is 2.27. The maximum absolute atomic E-state index is 11.2. The Bertz CT molecular complexity index is 364. The zero-order valence-corrected chi connectivity index (χ0v) is 8.30. The first-order valence-corrected chi connectivity index (χ1v) is 4.37. The van der Waals surface area contributed by atoms with E-state index in [0.717, 1.165) is 0 Å². The van der Waals surface area contributed by atoms with Crippen LogP contribution in [0.25, 0.3) is 0 Å². The van der Waals surface area contributed by atoms with E-state index in [0.29, 0.717) is 5.56 Å². The summed E-state index contributed by atoms with van der Waals surface area (Å²) in [6.07, 6.45) is 0. The lowest BCUT2D eigenvalue weighted by Crippen LogP contribution is -2.15. The van der Waals surface area contributed by atoms with E-state index in [1.54, 1.807) is 6.07 Å². The quantitative estimate of drug-likeness (QED) is 0.620. The fourth-order valence-corrected chi connectivity index (χ4v) is 1.16. The predicted molar refractivity (Wildman–Crippen MR) is 53.5 cm³/mol. The molecule has 1 aromatic carbocycles. The first-order valence-electron chi connectivity index (χ1n) is 4.37. The standard InChI is InChI=1S/C10H13NO4/c1-15-10(14)7-4-6(8(11)5-12)2-3-9(7)13/h2-4,8,12-13H,5,11H2,1H3. The summed E-state index contributed by atoms with van der Waals surface area (Å²) in [7, 11) is 1.22. The lowest BCUT2D eigenvalue weighted by molar-refractivity contribution is 0.0597. The van der Waals surface area contributed by atoms with Crippen molar-refractivity contribution in [1.29, 1.82) is 0 Å². The van der Waals surface area contributed by atoms with Gasteiger partial charge in [0.15, 0.2) is 0 Å². The molecule has 0 aromatic heterocycles. The summed E-state index contributed by atoms with van der Waals surface area (Å²) in [5.41, 5.74) is 6.18. The molecule has 0 aliphatic carbocycles. The van der Waals surface area contributed by atoms with Crippen LogP contribution in [0, 0.1) is 0 Å². The second kappa shape index (κ2) is 4.77. The van der Waals surface area contributed by atoms with Gasteiger partial charge >= 0.3 is 5.97 Å². The second-order valence-electron chi connectivity index (χ2n) is 3.06. The minimum Gasteiger partial charge on any atom is -0.507 e. The number of aliphatic hydroxyl groups is 1. The number of phenols is 1. The second-order valence-corrected chi connectivity index (χ2v) is 3.06. The topological polar surface area (TPSA) is 92.8 Å². The van der Waals surface area contributed by atoms with Gasteiger partial charge in [0.2, 0.25) is 0 Å². The smallest absolute Gasteiger partial charge is 0.341 e. The lowest BCUT2D eigenvalue weighted by atomic mass is 10.0. The monoisotopic (exact) mass is 211 g/mol. The van der Waals surface area contributed by atoms with E-state index in [2.05, 4.69) is 4.74 Å². The van der Waals surface area contributed by atoms with Crippen LogP contribution in [0.3, 0.4) is 0 Å². The van der Waals surface area contributed by atoms with Crippen LogP contribution < -0.4 is 5.73 Å². The van der Waals surface area contributed by atoms with E-state index in [4.69, 9.17) is 10.8 Å². The van der Waals surface area contributed by atoms with Crippen LogP contribution in [0.2, 0.25) is 0 Å². The Morgan fingerprint density at radius 3 is 2.80 bits per heavy atom. The normalized spacial score (nSPS) is 12.2. The first kappa shape index (κ1) is 11.5. The Labute approximate surface area is 87.1 Å². The zero-order chi connectivity index (χ0) is 11.4. The molecule has 0 spiro atoms. The van der Waals surface area contributed by atoms with E-state index >= 15 is 0 Å². The molecule has 0 bridgehead atoms. The van der Waals surface area contributed by atoms with Crippen LogP contribution in [-0.2, 0) is 4.74 Å². The van der Waals surface area contributed by atoms with Gasteiger partial charge in [-0.3, -0.25) is 0 Å². The van der Waals surface area contributed by atoms with Gasteiger partial charge in [-0.25, -0.2) is 4.79 Å². The number of carbonyl (C=O) groups excluding carboxylic acids is 1. The number of esters is 1. The van der Waals surface area contributed by atoms with Crippen molar-refractivity contribution in [1.82, 2.24) is 0 Å². The van der Waals surface area contributed by atoms with Crippen LogP contribution in [0.1, 0.15) is 22.0 Å². The number of hydrogen-bond donors (Lipinski definition) is 3. The molecule has 1 rings (SSSR count). The van der Waals surface area contributed by atoms with Gasteiger partial charge in [0.25, 0.3) is 0 Å². The third kappa shape index (κ3) is 2.45. The van der Waals surface area contributed by atoms with Crippen LogP contribution >= 0.6 is 0 Å². The van der Waals surface area contributed by atoms with E-state index < -0.39 is 12.0 Å². The van der Waals surface area contributed by atoms with Crippen molar-refractivity contribution in [2.75, 3.05) is 13.7 Å². The lowest BCUT2D eigenvalue weighted by Gasteiger charge is -2.10. The van der Waals surface area contributed by atoms with Gasteiger partial charge in [0.05, 0.1) is 19.8 Å². The number of hydrogen-bond acceptors (Lipinski definition) is 5. The van der Waals surface area contributed by atoms with E-state index in [1.165, 1.54) is 19.2 Å². The number of aromatic hydroxyl groups is 1. The van der Waals surface area contributed by atoms with Crippen molar-refractivity contribution in [3.8, 4) is 5.75 Å². The van der Waals surface area contributed by atoms with Crippen LogP contribution in [0.4, 0.5) is 0 Å². The fourth-order valence-electron chi connectivity index (χ4n) is 1.16. The number of rotatable bonds is 3. The number of carbonyl (C=O) groups is 1. The van der Waals surface area contributed by atoms with Gasteiger partial charge in [0, 0.05) is 0 Å². The predicted octanol–water partition coefficient (Wildman–Crippen LogP) is 0.171. The molecule has 0 amide bonds. The largest absolute Gasteiger partial charge is 0.507 e. The van der Waals surface area contributed by atoms with E-state index in [9.17, 15) is 9.90 Å². The molecule has 82 valence electrons. The highest BCUT2D eigenvalue weighted by atomic mass is 16.5. The van der Waals surface area contributed by atoms with Gasteiger partial charge in [-0.05, 0) is 17.7 Å². The van der Waals surface area contributed by atoms with Gasteiger partial charge in [-0.1, -0.05) is 6.07 Å². The number of nitrogens with two attached hydrogens (primary N) is 1. The summed E-state index contributed by atoms with van der Waals surface area (Å²) < 4.78 is 4.48. The number of aliphatic hydroxyl groups excluding tert-OH is 1. The average molecular weight is 211 g/mol. The van der Waals surface area contributed by atoms with Crippen molar-refractivity contribution in [3.63, 3.8) is 0 Å². The highest BCUT2D eigenvalue weighted by molar-refractivity contribution is 5.92. The Hall–Kier alpha value is -1.59. The summed E-state index contributed by atoms with van der Waals surface area (Å²) in [5.74, 6) is -0.810. The molecule has 1 unspecified atom stereocenters. The van der Waals surface area contributed by atoms with Crippen molar-refractivity contribution >= 4 is 5.97 Å². The first-order chi connectivity index (χ1) is 7.10. The zero-order valence-electron chi connectivity index (χ0n) is 8.30. The molecule has 5 nitrogen and oxygen atoms in total. The minimum atomic E-state index is -0.639. The third-order valence-electron chi connectivity index (χ3n) is 2.05. The molecule has 15 heavy (non-hydrogen) atoms. The Morgan fingerprint density at radius 1 is 1.60 bits per heavy atom. The molecule has 0 saturated carbocycles. The fraction of sp³-hybridized carbons (Fsp3) is 0.300. The van der Waals surface area contributed by atoms with Crippen LogP contribution in [-0.4, -0.2) is 29.9 Å². The van der Waals surface area contributed by atoms with Gasteiger partial charge in [-0.2, -0.15) is 0 Å². The molecule has 0 fully saturated rings. The van der Waals surface area contributed by atoms with Gasteiger partial charge in [-0.15, -0.1) is 0 Å². The van der Waals surface area contributed by atoms with Crippen molar-refractivity contribution in [3.05, 3.63) is 29.3 Å². The third-order valence-corrected chi connectivity index (χ3v) is 2.05. The van der Waals surface area contributed by atoms with Crippen molar-refractivity contribution in [2.24, 2.45) is 5.73 Å². The summed E-state index contributed by atoms with van der Waals surface area (Å²) in [5, 5.41) is 18.2. The Balaban J connectivity index is 3.10. The molecule has 0 saturated heterocycles.